The van der Waals surface area contributed by atoms with E-state index in [1.807, 2.05) is 23.9 Å². The first-order valence-corrected chi connectivity index (χ1v) is 12.0. The van der Waals surface area contributed by atoms with Crippen molar-refractivity contribution in [2.75, 3.05) is 45.3 Å². The number of aryl methyl sites for hydroxylation is 1. The molecule has 1 aromatic carbocycles. The highest BCUT2D eigenvalue weighted by molar-refractivity contribution is 6.04. The monoisotopic (exact) mass is 458 g/mol. The summed E-state index contributed by atoms with van der Waals surface area (Å²) in [6.07, 6.45) is 6.08. The minimum atomic E-state index is -0.0212. The number of rotatable bonds is 4. The maximum absolute atomic E-state index is 13.0. The third-order valence-electron chi connectivity index (χ3n) is 7.50. The fourth-order valence-electron chi connectivity index (χ4n) is 5.27. The highest BCUT2D eigenvalue weighted by Gasteiger charge is 2.27. The molecule has 8 heteroatoms. The predicted octanol–water partition coefficient (Wildman–Crippen LogP) is 3.05. The summed E-state index contributed by atoms with van der Waals surface area (Å²) < 4.78 is 8.95. The molecule has 0 aliphatic carbocycles. The van der Waals surface area contributed by atoms with Crippen molar-refractivity contribution >= 4 is 27.8 Å². The lowest BCUT2D eigenvalue weighted by atomic mass is 10.0. The molecule has 0 bridgehead atoms. The van der Waals surface area contributed by atoms with E-state index in [4.69, 9.17) is 9.72 Å². The van der Waals surface area contributed by atoms with E-state index in [0.29, 0.717) is 19.3 Å². The van der Waals surface area contributed by atoms with Gasteiger partial charge in [0.25, 0.3) is 0 Å². The number of nitrogens with zero attached hydrogens (tertiary/aromatic N) is 6. The van der Waals surface area contributed by atoms with Crippen molar-refractivity contribution in [1.29, 1.82) is 0 Å². The van der Waals surface area contributed by atoms with Crippen molar-refractivity contribution in [2.45, 2.75) is 24.9 Å². The molecule has 0 saturated carbocycles. The third kappa shape index (κ3) is 3.40. The first-order valence-electron chi connectivity index (χ1n) is 12.0. The minimum Gasteiger partial charge on any atom is -0.377 e. The zero-order valence-electron chi connectivity index (χ0n) is 19.9. The number of aromatic nitrogens is 4. The van der Waals surface area contributed by atoms with E-state index in [1.54, 1.807) is 10.8 Å². The van der Waals surface area contributed by atoms with Crippen LogP contribution in [0.3, 0.4) is 0 Å². The Morgan fingerprint density at radius 1 is 1.00 bits per heavy atom. The average Bonchev–Trinajstić information content (AvgIpc) is 3.08. The Balaban J connectivity index is 1.36. The minimum absolute atomic E-state index is 0.0212. The fourth-order valence-corrected chi connectivity index (χ4v) is 5.27. The number of benzene rings is 1. The number of pyridine rings is 2. The van der Waals surface area contributed by atoms with Gasteiger partial charge in [-0.25, -0.2) is 9.78 Å². The molecule has 0 unspecified atom stereocenters. The summed E-state index contributed by atoms with van der Waals surface area (Å²) in [5.74, 6) is 1.03. The number of anilines is 1. The van der Waals surface area contributed by atoms with Crippen LogP contribution < -0.4 is 10.6 Å². The van der Waals surface area contributed by atoms with Crippen LogP contribution in [0.1, 0.15) is 18.9 Å². The quantitative estimate of drug-likeness (QED) is 0.468. The molecule has 0 spiro atoms. The molecule has 2 fully saturated rings. The van der Waals surface area contributed by atoms with Gasteiger partial charge in [-0.3, -0.25) is 14.1 Å². The molecular formula is C26H30N6O2. The van der Waals surface area contributed by atoms with Crippen molar-refractivity contribution in [2.24, 2.45) is 7.05 Å². The summed E-state index contributed by atoms with van der Waals surface area (Å²) in [6, 6.07) is 11.2. The fraction of sp³-hybridized carbons (Fsp3) is 0.423. The third-order valence-corrected chi connectivity index (χ3v) is 7.50. The van der Waals surface area contributed by atoms with Crippen molar-refractivity contribution in [3.05, 3.63) is 53.2 Å². The largest absolute Gasteiger partial charge is 0.377 e. The second-order valence-electron chi connectivity index (χ2n) is 9.71. The van der Waals surface area contributed by atoms with E-state index in [0.717, 1.165) is 64.8 Å². The maximum Gasteiger partial charge on any atom is 0.329 e. The van der Waals surface area contributed by atoms with E-state index in [9.17, 15) is 4.79 Å². The van der Waals surface area contributed by atoms with Gasteiger partial charge in [-0.15, -0.1) is 0 Å². The lowest BCUT2D eigenvalue weighted by Crippen LogP contribution is -2.42. The van der Waals surface area contributed by atoms with Crippen LogP contribution in [0.5, 0.6) is 0 Å². The Kier molecular flexibility index (Phi) is 5.15. The molecule has 5 heterocycles. The van der Waals surface area contributed by atoms with E-state index in [-0.39, 0.29) is 11.7 Å². The van der Waals surface area contributed by atoms with Gasteiger partial charge in [0.05, 0.1) is 42.0 Å². The van der Waals surface area contributed by atoms with Gasteiger partial charge in [0.1, 0.15) is 5.82 Å². The molecule has 2 aliphatic rings. The zero-order valence-corrected chi connectivity index (χ0v) is 19.9. The normalized spacial score (nSPS) is 17.7. The van der Waals surface area contributed by atoms with Crippen LogP contribution in [0.15, 0.2) is 47.5 Å². The lowest BCUT2D eigenvalue weighted by Gasteiger charge is -2.35. The summed E-state index contributed by atoms with van der Waals surface area (Å²) in [7, 11) is 6.13. The highest BCUT2D eigenvalue weighted by atomic mass is 16.5. The van der Waals surface area contributed by atoms with Crippen LogP contribution in [0.25, 0.3) is 33.1 Å². The molecule has 6 rings (SSSR count). The van der Waals surface area contributed by atoms with Crippen LogP contribution in [0.2, 0.25) is 0 Å². The van der Waals surface area contributed by atoms with Crippen molar-refractivity contribution in [3.8, 4) is 11.1 Å². The van der Waals surface area contributed by atoms with Gasteiger partial charge in [-0.1, -0.05) is 6.07 Å². The van der Waals surface area contributed by atoms with E-state index in [2.05, 4.69) is 53.1 Å². The Labute approximate surface area is 198 Å². The first kappa shape index (κ1) is 21.3. The Hall–Kier alpha value is -3.23. The highest BCUT2D eigenvalue weighted by Crippen LogP contribution is 2.31. The number of hydrogen-bond donors (Lipinski definition) is 0. The molecular weight excluding hydrogens is 428 g/mol. The van der Waals surface area contributed by atoms with Crippen LogP contribution in [0, 0.1) is 0 Å². The van der Waals surface area contributed by atoms with Gasteiger partial charge in [-0.2, -0.15) is 0 Å². The second kappa shape index (κ2) is 8.21. The number of fused-ring (bicyclic) bond motifs is 3. The smallest absolute Gasteiger partial charge is 0.329 e. The summed E-state index contributed by atoms with van der Waals surface area (Å²) in [5.41, 5.74) is 4.76. The van der Waals surface area contributed by atoms with Crippen molar-refractivity contribution in [3.63, 3.8) is 0 Å². The number of imidazole rings is 1. The van der Waals surface area contributed by atoms with E-state index < -0.39 is 0 Å². The standard InChI is InChI=1S/C26H30N6O2/c1-29(2)19-8-10-31(11-9-19)24-7-5-18(13-28-24)17-4-6-22-21(12-17)25-23(14-27-22)30(3)26(33)32(25)20-15-34-16-20/h4-7,12-14,19-20H,8-11,15-16H2,1-3H3. The second-order valence-corrected chi connectivity index (χ2v) is 9.71. The van der Waals surface area contributed by atoms with Gasteiger partial charge < -0.3 is 14.5 Å². The van der Waals surface area contributed by atoms with Crippen molar-refractivity contribution < 1.29 is 4.74 Å². The first-order chi connectivity index (χ1) is 16.5. The molecule has 3 aromatic heterocycles. The molecule has 2 saturated heterocycles. The van der Waals surface area contributed by atoms with Crippen molar-refractivity contribution in [1.82, 2.24) is 24.0 Å². The predicted molar refractivity (Wildman–Crippen MR) is 134 cm³/mol. The Morgan fingerprint density at radius 2 is 1.76 bits per heavy atom. The lowest BCUT2D eigenvalue weighted by molar-refractivity contribution is -0.0230. The molecule has 0 amide bonds. The van der Waals surface area contributed by atoms with E-state index in [1.165, 1.54) is 0 Å². The summed E-state index contributed by atoms with van der Waals surface area (Å²) in [4.78, 5) is 27.1. The molecule has 2 aliphatic heterocycles. The topological polar surface area (TPSA) is 68.4 Å². The summed E-state index contributed by atoms with van der Waals surface area (Å²) in [6.45, 7) is 3.20. The van der Waals surface area contributed by atoms with Crippen LogP contribution in [-0.2, 0) is 11.8 Å². The van der Waals surface area contributed by atoms with Crippen LogP contribution in [0.4, 0.5) is 5.82 Å². The molecule has 34 heavy (non-hydrogen) atoms. The average molecular weight is 459 g/mol. The summed E-state index contributed by atoms with van der Waals surface area (Å²) in [5, 5.41) is 0.981. The molecule has 4 aromatic rings. The Bertz CT molecular complexity index is 1410. The van der Waals surface area contributed by atoms with Gasteiger partial charge in [0.2, 0.25) is 0 Å². The molecule has 0 N–H and O–H groups in total. The van der Waals surface area contributed by atoms with Gasteiger partial charge >= 0.3 is 5.69 Å². The molecule has 176 valence electrons. The SMILES string of the molecule is CN(C)C1CCN(c2ccc(-c3ccc4ncc5c(c4c3)n(C3COC3)c(=O)n5C)cn2)CC1. The van der Waals surface area contributed by atoms with Crippen LogP contribution in [-0.4, -0.2) is 70.4 Å². The van der Waals surface area contributed by atoms with Crippen LogP contribution >= 0.6 is 0 Å². The van der Waals surface area contributed by atoms with E-state index >= 15 is 0 Å². The Morgan fingerprint density at radius 3 is 2.41 bits per heavy atom. The zero-order chi connectivity index (χ0) is 23.4. The number of hydrogen-bond acceptors (Lipinski definition) is 6. The number of piperidine rings is 1. The summed E-state index contributed by atoms with van der Waals surface area (Å²) >= 11 is 0. The molecule has 0 radical (unpaired) electrons. The van der Waals surface area contributed by atoms with Gasteiger partial charge in [0.15, 0.2) is 0 Å². The maximum atomic E-state index is 13.0. The molecule has 8 nitrogen and oxygen atoms in total. The van der Waals surface area contributed by atoms with Gasteiger partial charge in [-0.05, 0) is 56.8 Å². The number of ether oxygens (including phenoxy) is 1. The molecule has 0 atom stereocenters. The van der Waals surface area contributed by atoms with Gasteiger partial charge in [0, 0.05) is 43.3 Å².